The molecule has 1 aliphatic rings. The molecule has 0 heterocycles. The summed E-state index contributed by atoms with van der Waals surface area (Å²) in [4.78, 5) is 0. The summed E-state index contributed by atoms with van der Waals surface area (Å²) in [7, 11) is 0. The van der Waals surface area contributed by atoms with Gasteiger partial charge in [0.05, 0.1) is 0 Å². The minimum atomic E-state index is 0.0386. The number of rotatable bonds is 3. The van der Waals surface area contributed by atoms with Crippen LogP contribution in [-0.4, -0.2) is 6.54 Å². The molecule has 0 aliphatic heterocycles. The van der Waals surface area contributed by atoms with Crippen LogP contribution >= 0.6 is 0 Å². The summed E-state index contributed by atoms with van der Waals surface area (Å²) in [6, 6.07) is 15.4. The van der Waals surface area contributed by atoms with Gasteiger partial charge in [0.2, 0.25) is 0 Å². The Morgan fingerprint density at radius 3 is 2.52 bits per heavy atom. The van der Waals surface area contributed by atoms with E-state index in [0.29, 0.717) is 6.54 Å². The van der Waals surface area contributed by atoms with Gasteiger partial charge in [-0.1, -0.05) is 69.0 Å². The number of hydrogen-bond donors (Lipinski definition) is 1. The van der Waals surface area contributed by atoms with Crippen LogP contribution in [0.3, 0.4) is 0 Å². The molecule has 2 N–H and O–H groups in total. The topological polar surface area (TPSA) is 26.0 Å². The predicted octanol–water partition coefficient (Wildman–Crippen LogP) is 4.52. The molecule has 0 aromatic heterocycles. The molecular formula is C20H21N. The van der Waals surface area contributed by atoms with Crippen LogP contribution in [0.25, 0.3) is 16.7 Å². The maximum absolute atomic E-state index is 5.65. The molecule has 1 nitrogen and oxygen atoms in total. The monoisotopic (exact) mass is 275 g/mol. The first-order valence-electron chi connectivity index (χ1n) is 7.37. The number of fused-ring (bicyclic) bond motifs is 3. The Hall–Kier alpha value is -2.12. The Labute approximate surface area is 126 Å². The second-order valence-electron chi connectivity index (χ2n) is 6.03. The van der Waals surface area contributed by atoms with E-state index in [1.807, 2.05) is 12.2 Å². The van der Waals surface area contributed by atoms with Crippen molar-refractivity contribution in [3.05, 3.63) is 77.9 Å². The highest BCUT2D eigenvalue weighted by Crippen LogP contribution is 2.48. The first kappa shape index (κ1) is 13.8. The van der Waals surface area contributed by atoms with E-state index >= 15 is 0 Å². The predicted molar refractivity (Wildman–Crippen MR) is 91.2 cm³/mol. The van der Waals surface area contributed by atoms with E-state index < -0.39 is 0 Å². The lowest BCUT2D eigenvalue weighted by molar-refractivity contribution is 0.660. The minimum Gasteiger partial charge on any atom is -0.327 e. The highest BCUT2D eigenvalue weighted by Gasteiger charge is 2.35. The Balaban J connectivity index is 2.20. The third-order valence-electron chi connectivity index (χ3n) is 4.47. The molecule has 0 unspecified atom stereocenters. The molecule has 0 amide bonds. The van der Waals surface area contributed by atoms with Crippen molar-refractivity contribution in [2.45, 2.75) is 19.3 Å². The Morgan fingerprint density at radius 2 is 1.81 bits per heavy atom. The smallest absolute Gasteiger partial charge is 0.0159 e. The molecule has 2 aromatic rings. The molecule has 1 aliphatic carbocycles. The van der Waals surface area contributed by atoms with Gasteiger partial charge in [-0.2, -0.15) is 0 Å². The van der Waals surface area contributed by atoms with Crippen molar-refractivity contribution in [2.24, 2.45) is 5.73 Å². The zero-order chi connectivity index (χ0) is 15.0. The zero-order valence-electron chi connectivity index (χ0n) is 12.7. The summed E-state index contributed by atoms with van der Waals surface area (Å²) >= 11 is 0. The number of allylic oxidation sites excluding steroid dienone is 2. The van der Waals surface area contributed by atoms with Gasteiger partial charge in [0.15, 0.2) is 0 Å². The van der Waals surface area contributed by atoms with Crippen molar-refractivity contribution < 1.29 is 0 Å². The SMILES string of the molecule is C=C/C(=C\CN)c1ccc2c(c1)C(C)(C)c1ccccc1-2. The molecule has 0 fully saturated rings. The largest absolute Gasteiger partial charge is 0.327 e. The van der Waals surface area contributed by atoms with Crippen molar-refractivity contribution in [3.8, 4) is 11.1 Å². The summed E-state index contributed by atoms with van der Waals surface area (Å²) in [5, 5.41) is 0. The average molecular weight is 275 g/mol. The van der Waals surface area contributed by atoms with E-state index in [1.54, 1.807) is 0 Å². The zero-order valence-corrected chi connectivity index (χ0v) is 12.7. The molecule has 106 valence electrons. The van der Waals surface area contributed by atoms with Crippen molar-refractivity contribution >= 4 is 5.57 Å². The first-order chi connectivity index (χ1) is 10.1. The van der Waals surface area contributed by atoms with Gasteiger partial charge >= 0.3 is 0 Å². The standard InChI is InChI=1S/C20H21N/c1-4-14(11-12-21)15-9-10-17-16-7-5-6-8-18(16)20(2,3)19(17)13-15/h4-11,13H,1,12,21H2,2-3H3/b14-11+. The molecule has 0 saturated carbocycles. The molecule has 2 aromatic carbocycles. The molecule has 21 heavy (non-hydrogen) atoms. The molecule has 0 radical (unpaired) electrons. The van der Waals surface area contributed by atoms with E-state index in [1.165, 1.54) is 27.8 Å². The van der Waals surface area contributed by atoms with E-state index in [9.17, 15) is 0 Å². The highest BCUT2D eigenvalue weighted by molar-refractivity contribution is 5.84. The molecule has 0 atom stereocenters. The quantitative estimate of drug-likeness (QED) is 0.819. The van der Waals surface area contributed by atoms with Crippen LogP contribution in [0.5, 0.6) is 0 Å². The van der Waals surface area contributed by atoms with Gasteiger partial charge in [-0.25, -0.2) is 0 Å². The fourth-order valence-electron chi connectivity index (χ4n) is 3.33. The van der Waals surface area contributed by atoms with Crippen LogP contribution in [0.15, 0.2) is 61.2 Å². The van der Waals surface area contributed by atoms with Gasteiger partial charge in [-0.15, -0.1) is 0 Å². The molecule has 1 heteroatoms. The Morgan fingerprint density at radius 1 is 1.10 bits per heavy atom. The van der Waals surface area contributed by atoms with Gasteiger partial charge in [0.25, 0.3) is 0 Å². The summed E-state index contributed by atoms with van der Waals surface area (Å²) < 4.78 is 0. The van der Waals surface area contributed by atoms with Crippen molar-refractivity contribution in [2.75, 3.05) is 6.54 Å². The fraction of sp³-hybridized carbons (Fsp3) is 0.200. The average Bonchev–Trinajstić information content (AvgIpc) is 2.73. The van der Waals surface area contributed by atoms with Crippen LogP contribution in [0, 0.1) is 0 Å². The number of hydrogen-bond acceptors (Lipinski definition) is 1. The number of nitrogens with two attached hydrogens (primary N) is 1. The third kappa shape index (κ3) is 2.05. The normalized spacial score (nSPS) is 15.5. The van der Waals surface area contributed by atoms with Crippen molar-refractivity contribution in [1.82, 2.24) is 0 Å². The van der Waals surface area contributed by atoms with Crippen LogP contribution < -0.4 is 5.73 Å². The molecule has 0 saturated heterocycles. The maximum Gasteiger partial charge on any atom is 0.0159 e. The van der Waals surface area contributed by atoms with Crippen molar-refractivity contribution in [1.29, 1.82) is 0 Å². The van der Waals surface area contributed by atoms with E-state index in [-0.39, 0.29) is 5.41 Å². The van der Waals surface area contributed by atoms with E-state index in [0.717, 1.165) is 5.57 Å². The van der Waals surface area contributed by atoms with Gasteiger partial charge in [0, 0.05) is 12.0 Å². The first-order valence-corrected chi connectivity index (χ1v) is 7.37. The lowest BCUT2D eigenvalue weighted by atomic mass is 9.81. The van der Waals surface area contributed by atoms with Crippen LogP contribution in [0.4, 0.5) is 0 Å². The van der Waals surface area contributed by atoms with Gasteiger partial charge in [0.1, 0.15) is 0 Å². The maximum atomic E-state index is 5.65. The lowest BCUT2D eigenvalue weighted by Gasteiger charge is -2.22. The minimum absolute atomic E-state index is 0.0386. The highest BCUT2D eigenvalue weighted by atomic mass is 14.5. The lowest BCUT2D eigenvalue weighted by Crippen LogP contribution is -2.15. The van der Waals surface area contributed by atoms with E-state index in [2.05, 4.69) is 62.9 Å². The van der Waals surface area contributed by atoms with Crippen molar-refractivity contribution in [3.63, 3.8) is 0 Å². The fourth-order valence-corrected chi connectivity index (χ4v) is 3.33. The molecule has 3 rings (SSSR count). The van der Waals surface area contributed by atoms with Gasteiger partial charge in [-0.3, -0.25) is 0 Å². The summed E-state index contributed by atoms with van der Waals surface area (Å²) in [5.74, 6) is 0. The second kappa shape index (κ2) is 5.01. The number of benzene rings is 2. The second-order valence-corrected chi connectivity index (χ2v) is 6.03. The molecule has 0 spiro atoms. The summed E-state index contributed by atoms with van der Waals surface area (Å²) in [6.45, 7) is 9.02. The third-order valence-corrected chi connectivity index (χ3v) is 4.47. The van der Waals surface area contributed by atoms with Gasteiger partial charge in [-0.05, 0) is 39.5 Å². The molecule has 0 bridgehead atoms. The van der Waals surface area contributed by atoms with Crippen LogP contribution in [-0.2, 0) is 5.41 Å². The van der Waals surface area contributed by atoms with Crippen LogP contribution in [0.1, 0.15) is 30.5 Å². The summed E-state index contributed by atoms with van der Waals surface area (Å²) in [6.07, 6.45) is 3.90. The van der Waals surface area contributed by atoms with E-state index in [4.69, 9.17) is 5.73 Å². The molecular weight excluding hydrogens is 254 g/mol. The van der Waals surface area contributed by atoms with Gasteiger partial charge < -0.3 is 5.73 Å². The summed E-state index contributed by atoms with van der Waals surface area (Å²) in [5.41, 5.74) is 13.5. The van der Waals surface area contributed by atoms with Crippen LogP contribution in [0.2, 0.25) is 0 Å². The Kier molecular flexibility index (Phi) is 3.30. The Bertz CT molecular complexity index is 735.